The molecule has 1 amide bonds. The summed E-state index contributed by atoms with van der Waals surface area (Å²) in [5, 5.41) is 10.5. The van der Waals surface area contributed by atoms with Crippen LogP contribution in [0.2, 0.25) is 0 Å². The highest BCUT2D eigenvalue weighted by atomic mass is 19.1. The van der Waals surface area contributed by atoms with Gasteiger partial charge in [0.2, 0.25) is 0 Å². The van der Waals surface area contributed by atoms with Crippen LogP contribution in [0.25, 0.3) is 0 Å². The number of halogens is 1. The molecule has 2 atom stereocenters. The first-order valence-electron chi connectivity index (χ1n) is 6.84. The zero-order chi connectivity index (χ0) is 15.4. The van der Waals surface area contributed by atoms with E-state index in [0.717, 1.165) is 0 Å². The van der Waals surface area contributed by atoms with Crippen LogP contribution in [0.5, 0.6) is 5.75 Å². The second kappa shape index (κ2) is 6.52. The Balaban J connectivity index is 1.54. The highest BCUT2D eigenvalue weighted by Gasteiger charge is 2.31. The van der Waals surface area contributed by atoms with Gasteiger partial charge in [-0.25, -0.2) is 9.07 Å². The maximum atomic E-state index is 13.4. The SMILES string of the molecule is O=C(COc1ccccc1F)N[C@H]1COC[C@H]1n1ccnn1. The Bertz CT molecular complexity index is 635. The largest absolute Gasteiger partial charge is 0.481 e. The number of carbonyl (C=O) groups excluding carboxylic acids is 1. The Morgan fingerprint density at radius 2 is 2.32 bits per heavy atom. The number of ether oxygens (including phenoxy) is 2. The molecule has 0 radical (unpaired) electrons. The second-order valence-corrected chi connectivity index (χ2v) is 4.88. The van der Waals surface area contributed by atoms with Gasteiger partial charge in [-0.05, 0) is 12.1 Å². The van der Waals surface area contributed by atoms with Gasteiger partial charge in [-0.1, -0.05) is 17.3 Å². The number of nitrogens with one attached hydrogen (secondary N) is 1. The minimum absolute atomic E-state index is 0.0492. The van der Waals surface area contributed by atoms with Crippen molar-refractivity contribution >= 4 is 5.91 Å². The summed E-state index contributed by atoms with van der Waals surface area (Å²) in [7, 11) is 0. The molecule has 0 saturated carbocycles. The summed E-state index contributed by atoms with van der Waals surface area (Å²) in [5.41, 5.74) is 0. The van der Waals surface area contributed by atoms with Crippen molar-refractivity contribution < 1.29 is 18.7 Å². The number of benzene rings is 1. The summed E-state index contributed by atoms with van der Waals surface area (Å²) in [4.78, 5) is 11.9. The first-order valence-corrected chi connectivity index (χ1v) is 6.84. The number of carbonyl (C=O) groups is 1. The highest BCUT2D eigenvalue weighted by Crippen LogP contribution is 2.18. The predicted molar refractivity (Wildman–Crippen MR) is 73.7 cm³/mol. The van der Waals surface area contributed by atoms with Crippen molar-refractivity contribution in [3.8, 4) is 5.75 Å². The fraction of sp³-hybridized carbons (Fsp3) is 0.357. The smallest absolute Gasteiger partial charge is 0.258 e. The van der Waals surface area contributed by atoms with E-state index >= 15 is 0 Å². The lowest BCUT2D eigenvalue weighted by atomic mass is 10.2. The van der Waals surface area contributed by atoms with Gasteiger partial charge in [-0.15, -0.1) is 5.10 Å². The van der Waals surface area contributed by atoms with Crippen LogP contribution in [0.15, 0.2) is 36.7 Å². The van der Waals surface area contributed by atoms with Gasteiger partial charge >= 0.3 is 0 Å². The topological polar surface area (TPSA) is 78.3 Å². The lowest BCUT2D eigenvalue weighted by Crippen LogP contribution is -2.43. The molecule has 7 nitrogen and oxygen atoms in total. The van der Waals surface area contributed by atoms with Gasteiger partial charge in [0.25, 0.3) is 5.91 Å². The van der Waals surface area contributed by atoms with Crippen molar-refractivity contribution in [2.75, 3.05) is 19.8 Å². The van der Waals surface area contributed by atoms with Gasteiger partial charge in [0, 0.05) is 6.20 Å². The standard InChI is InChI=1S/C14H15FN4O3/c15-10-3-1-2-4-13(10)22-9-14(20)17-11-7-21-8-12(11)19-6-5-16-18-19/h1-6,11-12H,7-9H2,(H,17,20)/t11-,12+/m0/s1. The van der Waals surface area contributed by atoms with Crippen molar-refractivity contribution in [3.05, 3.63) is 42.5 Å². The number of rotatable bonds is 5. The first-order chi connectivity index (χ1) is 10.7. The number of hydrogen-bond acceptors (Lipinski definition) is 5. The van der Waals surface area contributed by atoms with E-state index in [1.54, 1.807) is 29.2 Å². The molecule has 8 heteroatoms. The van der Waals surface area contributed by atoms with E-state index in [0.29, 0.717) is 13.2 Å². The maximum Gasteiger partial charge on any atom is 0.258 e. The Labute approximate surface area is 126 Å². The molecule has 116 valence electrons. The lowest BCUT2D eigenvalue weighted by Gasteiger charge is -2.19. The Morgan fingerprint density at radius 3 is 3.09 bits per heavy atom. The summed E-state index contributed by atoms with van der Waals surface area (Å²) < 4.78 is 25.6. The molecule has 1 aromatic carbocycles. The van der Waals surface area contributed by atoms with E-state index in [9.17, 15) is 9.18 Å². The average molecular weight is 306 g/mol. The van der Waals surface area contributed by atoms with Crippen LogP contribution < -0.4 is 10.1 Å². The van der Waals surface area contributed by atoms with Gasteiger partial charge in [-0.3, -0.25) is 4.79 Å². The summed E-state index contributed by atoms with van der Waals surface area (Å²) in [5.74, 6) is -0.794. The fourth-order valence-electron chi connectivity index (χ4n) is 2.29. The van der Waals surface area contributed by atoms with E-state index in [-0.39, 0.29) is 30.3 Å². The quantitative estimate of drug-likeness (QED) is 0.873. The van der Waals surface area contributed by atoms with Crippen molar-refractivity contribution in [2.24, 2.45) is 0 Å². The van der Waals surface area contributed by atoms with E-state index in [2.05, 4.69) is 15.6 Å². The monoisotopic (exact) mass is 306 g/mol. The molecule has 1 aromatic heterocycles. The fourth-order valence-corrected chi connectivity index (χ4v) is 2.29. The second-order valence-electron chi connectivity index (χ2n) is 4.88. The molecule has 22 heavy (non-hydrogen) atoms. The van der Waals surface area contributed by atoms with Crippen LogP contribution >= 0.6 is 0 Å². The average Bonchev–Trinajstić information content (AvgIpc) is 3.17. The molecule has 0 bridgehead atoms. The van der Waals surface area contributed by atoms with Crippen LogP contribution in [0.1, 0.15) is 6.04 Å². The van der Waals surface area contributed by atoms with Crippen LogP contribution in [0, 0.1) is 5.82 Å². The van der Waals surface area contributed by atoms with E-state index in [1.807, 2.05) is 0 Å². The van der Waals surface area contributed by atoms with Gasteiger partial charge in [0.15, 0.2) is 18.2 Å². The Kier molecular flexibility index (Phi) is 4.29. The van der Waals surface area contributed by atoms with Crippen LogP contribution in [0.4, 0.5) is 4.39 Å². The molecule has 3 rings (SSSR count). The maximum absolute atomic E-state index is 13.4. The summed E-state index contributed by atoms with van der Waals surface area (Å²) in [6.45, 7) is 0.569. The third-order valence-electron chi connectivity index (χ3n) is 3.37. The van der Waals surface area contributed by atoms with Crippen molar-refractivity contribution in [3.63, 3.8) is 0 Å². The van der Waals surface area contributed by atoms with Gasteiger partial charge < -0.3 is 14.8 Å². The summed E-state index contributed by atoms with van der Waals surface area (Å²) in [6.07, 6.45) is 3.28. The van der Waals surface area contributed by atoms with E-state index in [4.69, 9.17) is 9.47 Å². The molecule has 1 saturated heterocycles. The predicted octanol–water partition coefficient (Wildman–Crippen LogP) is 0.552. The lowest BCUT2D eigenvalue weighted by molar-refractivity contribution is -0.124. The summed E-state index contributed by atoms with van der Waals surface area (Å²) >= 11 is 0. The molecule has 1 N–H and O–H groups in total. The Morgan fingerprint density at radius 1 is 1.45 bits per heavy atom. The molecule has 2 aromatic rings. The number of para-hydroxylation sites is 1. The third-order valence-corrected chi connectivity index (χ3v) is 3.37. The number of aromatic nitrogens is 3. The van der Waals surface area contributed by atoms with Crippen molar-refractivity contribution in [2.45, 2.75) is 12.1 Å². The van der Waals surface area contributed by atoms with Gasteiger partial charge in [-0.2, -0.15) is 0 Å². The molecule has 0 unspecified atom stereocenters. The normalized spacial score (nSPS) is 20.8. The zero-order valence-electron chi connectivity index (χ0n) is 11.7. The molecule has 1 aliphatic rings. The first kappa shape index (κ1) is 14.5. The zero-order valence-corrected chi connectivity index (χ0v) is 11.7. The molecule has 0 spiro atoms. The number of amides is 1. The molecular weight excluding hydrogens is 291 g/mol. The van der Waals surface area contributed by atoms with Crippen molar-refractivity contribution in [1.82, 2.24) is 20.3 Å². The van der Waals surface area contributed by atoms with Crippen LogP contribution in [-0.4, -0.2) is 46.8 Å². The minimum atomic E-state index is -0.500. The highest BCUT2D eigenvalue weighted by molar-refractivity contribution is 5.78. The van der Waals surface area contributed by atoms with Gasteiger partial charge in [0.1, 0.15) is 0 Å². The molecule has 1 aliphatic heterocycles. The van der Waals surface area contributed by atoms with E-state index in [1.165, 1.54) is 12.1 Å². The Hall–Kier alpha value is -2.48. The molecule has 2 heterocycles. The number of hydrogen-bond donors (Lipinski definition) is 1. The number of nitrogens with zero attached hydrogens (tertiary/aromatic N) is 3. The molecular formula is C14H15FN4O3. The summed E-state index contributed by atoms with van der Waals surface area (Å²) in [6, 6.07) is 5.61. The van der Waals surface area contributed by atoms with Gasteiger partial charge in [0.05, 0.1) is 31.5 Å². The van der Waals surface area contributed by atoms with E-state index < -0.39 is 5.82 Å². The molecule has 1 fully saturated rings. The molecule has 0 aliphatic carbocycles. The minimum Gasteiger partial charge on any atom is -0.481 e. The van der Waals surface area contributed by atoms with Crippen molar-refractivity contribution in [1.29, 1.82) is 0 Å². The third kappa shape index (κ3) is 3.22. The van der Waals surface area contributed by atoms with Crippen LogP contribution in [-0.2, 0) is 9.53 Å². The van der Waals surface area contributed by atoms with Crippen LogP contribution in [0.3, 0.4) is 0 Å².